The van der Waals surface area contributed by atoms with E-state index in [4.69, 9.17) is 4.74 Å². The number of ether oxygens (including phenoxy) is 1. The molecule has 0 fully saturated rings. The van der Waals surface area contributed by atoms with E-state index in [1.165, 1.54) is 12.8 Å². The van der Waals surface area contributed by atoms with Gasteiger partial charge >= 0.3 is 0 Å². The second kappa shape index (κ2) is 7.09. The van der Waals surface area contributed by atoms with E-state index in [0.29, 0.717) is 12.5 Å². The van der Waals surface area contributed by atoms with E-state index in [9.17, 15) is 0 Å². The van der Waals surface area contributed by atoms with E-state index in [1.807, 2.05) is 25.1 Å². The highest BCUT2D eigenvalue weighted by Gasteiger charge is 1.98. The van der Waals surface area contributed by atoms with Gasteiger partial charge in [-0.15, -0.1) is 0 Å². The fraction of sp³-hybridized carbons (Fsp3) is 0.615. The molecule has 90 valence electrons. The van der Waals surface area contributed by atoms with Crippen molar-refractivity contribution in [3.8, 4) is 5.88 Å². The topological polar surface area (TPSA) is 34.1 Å². The molecule has 0 radical (unpaired) electrons. The molecule has 0 aliphatic carbocycles. The Balaban J connectivity index is 2.33. The summed E-state index contributed by atoms with van der Waals surface area (Å²) in [6, 6.07) is 5.81. The second-order valence-corrected chi connectivity index (χ2v) is 4.26. The van der Waals surface area contributed by atoms with Crippen molar-refractivity contribution in [1.29, 1.82) is 0 Å². The quantitative estimate of drug-likeness (QED) is 0.718. The summed E-state index contributed by atoms with van der Waals surface area (Å²) >= 11 is 0. The Morgan fingerprint density at radius 2 is 2.19 bits per heavy atom. The number of rotatable bonds is 7. The van der Waals surface area contributed by atoms with Gasteiger partial charge in [-0.2, -0.15) is 4.98 Å². The summed E-state index contributed by atoms with van der Waals surface area (Å²) in [5, 5.41) is 3.31. The molecular formula is C13H22N2O. The van der Waals surface area contributed by atoms with Crippen molar-refractivity contribution in [2.75, 3.05) is 18.5 Å². The van der Waals surface area contributed by atoms with Crippen molar-refractivity contribution < 1.29 is 4.74 Å². The minimum absolute atomic E-state index is 0.657. The average molecular weight is 222 g/mol. The van der Waals surface area contributed by atoms with Crippen molar-refractivity contribution in [2.45, 2.75) is 33.6 Å². The summed E-state index contributed by atoms with van der Waals surface area (Å²) in [4.78, 5) is 4.35. The molecule has 0 aliphatic heterocycles. The van der Waals surface area contributed by atoms with Crippen LogP contribution in [0.25, 0.3) is 0 Å². The third-order valence-corrected chi connectivity index (χ3v) is 2.28. The van der Waals surface area contributed by atoms with Gasteiger partial charge in [-0.05, 0) is 31.7 Å². The van der Waals surface area contributed by atoms with Crippen LogP contribution in [0.2, 0.25) is 0 Å². The van der Waals surface area contributed by atoms with Crippen LogP contribution in [0.15, 0.2) is 18.2 Å². The zero-order valence-corrected chi connectivity index (χ0v) is 10.5. The number of nitrogens with one attached hydrogen (secondary N) is 1. The summed E-state index contributed by atoms with van der Waals surface area (Å²) in [6.45, 7) is 8.08. The summed E-state index contributed by atoms with van der Waals surface area (Å²) in [5.41, 5.74) is 0. The number of pyridine rings is 1. The Labute approximate surface area is 98.2 Å². The highest BCUT2D eigenvalue weighted by Crippen LogP contribution is 2.11. The van der Waals surface area contributed by atoms with E-state index >= 15 is 0 Å². The smallest absolute Gasteiger partial charge is 0.215 e. The molecule has 16 heavy (non-hydrogen) atoms. The first-order valence-electron chi connectivity index (χ1n) is 6.06. The Bertz CT molecular complexity index is 300. The molecule has 3 nitrogen and oxygen atoms in total. The molecule has 0 spiro atoms. The largest absolute Gasteiger partial charge is 0.478 e. The second-order valence-electron chi connectivity index (χ2n) is 4.26. The lowest BCUT2D eigenvalue weighted by atomic mass is 10.1. The zero-order valence-electron chi connectivity index (χ0n) is 10.5. The first kappa shape index (κ1) is 12.8. The standard InChI is InChI=1S/C13H22N2O/c1-4-16-13-9-5-8-12(15-13)14-10-6-7-11(2)3/h5,8-9,11H,4,6-7,10H2,1-3H3,(H,14,15). The monoisotopic (exact) mass is 222 g/mol. The Morgan fingerprint density at radius 1 is 1.38 bits per heavy atom. The summed E-state index contributed by atoms with van der Waals surface area (Å²) in [5.74, 6) is 2.36. The third-order valence-electron chi connectivity index (χ3n) is 2.28. The average Bonchev–Trinajstić information content (AvgIpc) is 2.25. The number of hydrogen-bond acceptors (Lipinski definition) is 3. The highest BCUT2D eigenvalue weighted by molar-refractivity contribution is 5.36. The van der Waals surface area contributed by atoms with Crippen molar-refractivity contribution in [3.05, 3.63) is 18.2 Å². The van der Waals surface area contributed by atoms with Crippen LogP contribution in [0.1, 0.15) is 33.6 Å². The van der Waals surface area contributed by atoms with Gasteiger partial charge in [-0.3, -0.25) is 0 Å². The van der Waals surface area contributed by atoms with Gasteiger partial charge in [-0.25, -0.2) is 0 Å². The molecule has 1 rings (SSSR count). The summed E-state index contributed by atoms with van der Waals surface area (Å²) < 4.78 is 5.34. The SMILES string of the molecule is CCOc1cccc(NCCCC(C)C)n1. The molecule has 0 saturated carbocycles. The van der Waals surface area contributed by atoms with Crippen molar-refractivity contribution >= 4 is 5.82 Å². The van der Waals surface area contributed by atoms with E-state index in [0.717, 1.165) is 18.3 Å². The maximum Gasteiger partial charge on any atom is 0.215 e. The van der Waals surface area contributed by atoms with Crippen molar-refractivity contribution in [1.82, 2.24) is 4.98 Å². The van der Waals surface area contributed by atoms with Gasteiger partial charge in [0.25, 0.3) is 0 Å². The molecule has 1 aromatic heterocycles. The van der Waals surface area contributed by atoms with Gasteiger partial charge in [0.1, 0.15) is 5.82 Å². The molecule has 1 heterocycles. The van der Waals surface area contributed by atoms with Crippen LogP contribution in [0.3, 0.4) is 0 Å². The first-order chi connectivity index (χ1) is 7.72. The van der Waals surface area contributed by atoms with Gasteiger partial charge in [0.2, 0.25) is 5.88 Å². The lowest BCUT2D eigenvalue weighted by molar-refractivity contribution is 0.327. The molecule has 0 bridgehead atoms. The van der Waals surface area contributed by atoms with Crippen LogP contribution < -0.4 is 10.1 Å². The molecule has 0 amide bonds. The molecule has 0 unspecified atom stereocenters. The van der Waals surface area contributed by atoms with Gasteiger partial charge in [0.15, 0.2) is 0 Å². The van der Waals surface area contributed by atoms with Crippen LogP contribution in [-0.2, 0) is 0 Å². The molecular weight excluding hydrogens is 200 g/mol. The molecule has 0 atom stereocenters. The molecule has 0 aromatic carbocycles. The first-order valence-corrected chi connectivity index (χ1v) is 6.06. The van der Waals surface area contributed by atoms with Gasteiger partial charge in [0.05, 0.1) is 6.61 Å². The molecule has 1 aromatic rings. The fourth-order valence-corrected chi connectivity index (χ4v) is 1.47. The van der Waals surface area contributed by atoms with E-state index < -0.39 is 0 Å². The summed E-state index contributed by atoms with van der Waals surface area (Å²) in [6.07, 6.45) is 2.43. The van der Waals surface area contributed by atoms with E-state index in [2.05, 4.69) is 24.1 Å². The molecule has 3 heteroatoms. The van der Waals surface area contributed by atoms with Crippen molar-refractivity contribution in [2.24, 2.45) is 5.92 Å². The number of anilines is 1. The van der Waals surface area contributed by atoms with Crippen molar-refractivity contribution in [3.63, 3.8) is 0 Å². The Kier molecular flexibility index (Phi) is 5.68. The van der Waals surface area contributed by atoms with Crippen LogP contribution in [0.4, 0.5) is 5.82 Å². The lowest BCUT2D eigenvalue weighted by Gasteiger charge is -2.08. The summed E-state index contributed by atoms with van der Waals surface area (Å²) in [7, 11) is 0. The number of hydrogen-bond donors (Lipinski definition) is 1. The highest BCUT2D eigenvalue weighted by atomic mass is 16.5. The Hall–Kier alpha value is -1.25. The lowest BCUT2D eigenvalue weighted by Crippen LogP contribution is -2.05. The molecule has 0 saturated heterocycles. The van der Waals surface area contributed by atoms with Crippen LogP contribution in [0, 0.1) is 5.92 Å². The van der Waals surface area contributed by atoms with Crippen LogP contribution in [0.5, 0.6) is 5.88 Å². The van der Waals surface area contributed by atoms with E-state index in [-0.39, 0.29) is 0 Å². The Morgan fingerprint density at radius 3 is 2.88 bits per heavy atom. The fourth-order valence-electron chi connectivity index (χ4n) is 1.47. The normalized spacial score (nSPS) is 10.5. The van der Waals surface area contributed by atoms with Gasteiger partial charge in [-0.1, -0.05) is 19.9 Å². The van der Waals surface area contributed by atoms with Gasteiger partial charge in [0, 0.05) is 12.6 Å². The molecule has 1 N–H and O–H groups in total. The third kappa shape index (κ3) is 5.01. The minimum Gasteiger partial charge on any atom is -0.478 e. The number of aromatic nitrogens is 1. The van der Waals surface area contributed by atoms with Crippen LogP contribution in [-0.4, -0.2) is 18.1 Å². The zero-order chi connectivity index (χ0) is 11.8. The van der Waals surface area contributed by atoms with E-state index in [1.54, 1.807) is 0 Å². The minimum atomic E-state index is 0.657. The van der Waals surface area contributed by atoms with Crippen LogP contribution >= 0.6 is 0 Å². The molecule has 0 aliphatic rings. The predicted octanol–water partition coefficient (Wildman–Crippen LogP) is 3.33. The van der Waals surface area contributed by atoms with Gasteiger partial charge < -0.3 is 10.1 Å². The predicted molar refractivity (Wildman–Crippen MR) is 68.0 cm³/mol. The maximum absolute atomic E-state index is 5.34. The maximum atomic E-state index is 5.34. The number of nitrogens with zero attached hydrogens (tertiary/aromatic N) is 1.